The predicted molar refractivity (Wildman–Crippen MR) is 134 cm³/mol. The van der Waals surface area contributed by atoms with Crippen molar-refractivity contribution < 1.29 is 10.0 Å². The third-order valence-electron chi connectivity index (χ3n) is 7.10. The Balaban J connectivity index is 1.73. The molecule has 0 radical (unpaired) electrons. The summed E-state index contributed by atoms with van der Waals surface area (Å²) >= 11 is 0. The van der Waals surface area contributed by atoms with E-state index in [2.05, 4.69) is 68.4 Å². The Morgan fingerprint density at radius 1 is 0.594 bits per heavy atom. The van der Waals surface area contributed by atoms with E-state index < -0.39 is 7.12 Å². The molecule has 0 bridgehead atoms. The van der Waals surface area contributed by atoms with Crippen molar-refractivity contribution in [1.29, 1.82) is 0 Å². The van der Waals surface area contributed by atoms with Crippen LogP contribution in [0.2, 0.25) is 0 Å². The molecule has 32 heavy (non-hydrogen) atoms. The Labute approximate surface area is 187 Å². The van der Waals surface area contributed by atoms with E-state index in [1.165, 1.54) is 22.3 Å². The highest BCUT2D eigenvalue weighted by Gasteiger charge is 2.35. The lowest BCUT2D eigenvalue weighted by molar-refractivity contribution is 0.426. The van der Waals surface area contributed by atoms with Gasteiger partial charge in [-0.2, -0.15) is 0 Å². The Kier molecular flexibility index (Phi) is 4.10. The van der Waals surface area contributed by atoms with Crippen molar-refractivity contribution >= 4 is 34.1 Å². The zero-order valence-corrected chi connectivity index (χ0v) is 18.1. The number of fused-ring (bicyclic) bond motifs is 5. The summed E-state index contributed by atoms with van der Waals surface area (Å²) in [4.78, 5) is 0. The Morgan fingerprint density at radius 2 is 1.12 bits per heavy atom. The molecule has 0 spiro atoms. The normalized spacial score (nSPS) is 13.9. The quantitative estimate of drug-likeness (QED) is 0.290. The summed E-state index contributed by atoms with van der Waals surface area (Å²) in [6, 6.07) is 31.5. The van der Waals surface area contributed by atoms with Crippen LogP contribution < -0.4 is 5.46 Å². The van der Waals surface area contributed by atoms with Gasteiger partial charge in [0.05, 0.1) is 0 Å². The summed E-state index contributed by atoms with van der Waals surface area (Å²) in [6.07, 6.45) is 0. The van der Waals surface area contributed by atoms with Crippen molar-refractivity contribution in [2.45, 2.75) is 19.3 Å². The highest BCUT2D eigenvalue weighted by atomic mass is 16.4. The average molecular weight is 414 g/mol. The summed E-state index contributed by atoms with van der Waals surface area (Å²) in [7, 11) is -1.54. The van der Waals surface area contributed by atoms with Gasteiger partial charge in [-0.25, -0.2) is 0 Å². The third-order valence-corrected chi connectivity index (χ3v) is 7.10. The highest BCUT2D eigenvalue weighted by molar-refractivity contribution is 6.66. The largest absolute Gasteiger partial charge is 0.489 e. The summed E-state index contributed by atoms with van der Waals surface area (Å²) in [5.41, 5.74) is 8.09. The SMILES string of the molecule is CC1(C)c2ccccc2-c2cc(-c3c4ccccc4c(B(O)O)c4ccccc34)ccc21. The molecule has 1 aliphatic carbocycles. The fraction of sp³-hybridized carbons (Fsp3) is 0.103. The maximum atomic E-state index is 10.2. The van der Waals surface area contributed by atoms with Crippen LogP contribution in [-0.2, 0) is 5.41 Å². The predicted octanol–water partition coefficient (Wildman–Crippen LogP) is 5.65. The molecule has 5 aromatic carbocycles. The fourth-order valence-electron chi connectivity index (χ4n) is 5.63. The molecule has 2 nitrogen and oxygen atoms in total. The topological polar surface area (TPSA) is 40.5 Å². The minimum Gasteiger partial charge on any atom is -0.423 e. The van der Waals surface area contributed by atoms with Crippen molar-refractivity contribution in [2.24, 2.45) is 0 Å². The second-order valence-electron chi connectivity index (χ2n) is 9.18. The van der Waals surface area contributed by atoms with Crippen LogP contribution in [0.25, 0.3) is 43.8 Å². The average Bonchev–Trinajstić information content (AvgIpc) is 3.04. The zero-order chi connectivity index (χ0) is 22.0. The van der Waals surface area contributed by atoms with Gasteiger partial charge >= 0.3 is 7.12 Å². The monoisotopic (exact) mass is 414 g/mol. The van der Waals surface area contributed by atoms with Crippen LogP contribution in [0, 0.1) is 0 Å². The minimum atomic E-state index is -1.54. The molecule has 154 valence electrons. The van der Waals surface area contributed by atoms with Crippen LogP contribution in [0.15, 0.2) is 91.0 Å². The zero-order valence-electron chi connectivity index (χ0n) is 18.1. The molecule has 2 N–H and O–H groups in total. The molecular formula is C29H23BO2. The van der Waals surface area contributed by atoms with Crippen LogP contribution in [0.4, 0.5) is 0 Å². The minimum absolute atomic E-state index is 0.0283. The van der Waals surface area contributed by atoms with Gasteiger partial charge in [0.25, 0.3) is 0 Å². The van der Waals surface area contributed by atoms with Gasteiger partial charge in [-0.1, -0.05) is 98.8 Å². The number of benzene rings is 5. The molecule has 0 heterocycles. The van der Waals surface area contributed by atoms with Gasteiger partial charge in [-0.05, 0) is 66.5 Å². The van der Waals surface area contributed by atoms with Crippen LogP contribution in [-0.4, -0.2) is 17.2 Å². The maximum absolute atomic E-state index is 10.2. The van der Waals surface area contributed by atoms with E-state index in [1.54, 1.807) is 0 Å². The van der Waals surface area contributed by atoms with Crippen molar-refractivity contribution in [3.63, 3.8) is 0 Å². The lowest BCUT2D eigenvalue weighted by atomic mass is 9.72. The van der Waals surface area contributed by atoms with E-state index in [1.807, 2.05) is 36.4 Å². The molecule has 1 aliphatic rings. The van der Waals surface area contributed by atoms with Crippen LogP contribution in [0.5, 0.6) is 0 Å². The molecule has 0 saturated heterocycles. The first-order valence-electron chi connectivity index (χ1n) is 11.0. The molecule has 3 heteroatoms. The van der Waals surface area contributed by atoms with Crippen LogP contribution in [0.3, 0.4) is 0 Å². The second kappa shape index (κ2) is 6.80. The van der Waals surface area contributed by atoms with Crippen molar-refractivity contribution in [3.05, 3.63) is 102 Å². The van der Waals surface area contributed by atoms with Crippen LogP contribution >= 0.6 is 0 Å². The van der Waals surface area contributed by atoms with Gasteiger partial charge in [0.1, 0.15) is 0 Å². The Morgan fingerprint density at radius 3 is 1.75 bits per heavy atom. The molecule has 0 aliphatic heterocycles. The van der Waals surface area contributed by atoms with Gasteiger partial charge in [-0.15, -0.1) is 0 Å². The Bertz CT molecular complexity index is 1470. The first kappa shape index (κ1) is 19.3. The van der Waals surface area contributed by atoms with Crippen LogP contribution in [0.1, 0.15) is 25.0 Å². The van der Waals surface area contributed by atoms with E-state index in [9.17, 15) is 10.0 Å². The maximum Gasteiger partial charge on any atom is 0.489 e. The molecule has 0 amide bonds. The van der Waals surface area contributed by atoms with E-state index in [0.29, 0.717) is 5.46 Å². The van der Waals surface area contributed by atoms with E-state index >= 15 is 0 Å². The van der Waals surface area contributed by atoms with Gasteiger partial charge in [-0.3, -0.25) is 0 Å². The summed E-state index contributed by atoms with van der Waals surface area (Å²) in [5.74, 6) is 0. The first-order chi connectivity index (χ1) is 15.5. The number of hydrogen-bond acceptors (Lipinski definition) is 2. The van der Waals surface area contributed by atoms with Crippen molar-refractivity contribution in [2.75, 3.05) is 0 Å². The van der Waals surface area contributed by atoms with E-state index in [0.717, 1.165) is 32.7 Å². The third kappa shape index (κ3) is 2.56. The van der Waals surface area contributed by atoms with Gasteiger partial charge in [0, 0.05) is 5.41 Å². The highest BCUT2D eigenvalue weighted by Crippen LogP contribution is 2.50. The lowest BCUT2D eigenvalue weighted by Crippen LogP contribution is -2.31. The molecule has 0 saturated carbocycles. The van der Waals surface area contributed by atoms with Gasteiger partial charge < -0.3 is 10.0 Å². The smallest absolute Gasteiger partial charge is 0.423 e. The lowest BCUT2D eigenvalue weighted by Gasteiger charge is -2.22. The first-order valence-corrected chi connectivity index (χ1v) is 11.0. The number of hydrogen-bond donors (Lipinski definition) is 2. The molecule has 5 aromatic rings. The molecule has 0 fully saturated rings. The van der Waals surface area contributed by atoms with Gasteiger partial charge in [0.2, 0.25) is 0 Å². The fourth-order valence-corrected chi connectivity index (χ4v) is 5.63. The summed E-state index contributed by atoms with van der Waals surface area (Å²) in [6.45, 7) is 4.58. The molecule has 0 unspecified atom stereocenters. The standard InChI is InChI=1S/C29H23BO2/c1-29(2)25-14-8-7-9-19(25)24-17-18(15-16-26(24)29)27-20-10-3-5-12-22(20)28(30(31)32)23-13-6-4-11-21(23)27/h3-17,31-32H,1-2H3. The Hall–Kier alpha value is -3.40. The summed E-state index contributed by atoms with van der Waals surface area (Å²) < 4.78 is 0. The van der Waals surface area contributed by atoms with Crippen molar-refractivity contribution in [1.82, 2.24) is 0 Å². The molecular weight excluding hydrogens is 391 g/mol. The van der Waals surface area contributed by atoms with E-state index in [-0.39, 0.29) is 5.41 Å². The molecule has 6 rings (SSSR count). The van der Waals surface area contributed by atoms with E-state index in [4.69, 9.17) is 0 Å². The van der Waals surface area contributed by atoms with Crippen molar-refractivity contribution in [3.8, 4) is 22.3 Å². The van der Waals surface area contributed by atoms with Gasteiger partial charge in [0.15, 0.2) is 0 Å². The summed E-state index contributed by atoms with van der Waals surface area (Å²) in [5, 5.41) is 24.3. The number of rotatable bonds is 2. The molecule has 0 aromatic heterocycles. The second-order valence-corrected chi connectivity index (χ2v) is 9.18. The molecule has 0 atom stereocenters.